The van der Waals surface area contributed by atoms with E-state index in [1.807, 2.05) is 0 Å². The average molecular weight is 222 g/mol. The number of rotatable bonds is 2. The van der Waals surface area contributed by atoms with Gasteiger partial charge in [0.15, 0.2) is 0 Å². The number of hydrogen-bond donors (Lipinski definition) is 0. The quantitative estimate of drug-likeness (QED) is 0.726. The van der Waals surface area contributed by atoms with E-state index in [-0.39, 0.29) is 5.78 Å². The summed E-state index contributed by atoms with van der Waals surface area (Å²) in [6.07, 6.45) is 4.53. The summed E-state index contributed by atoms with van der Waals surface area (Å²) >= 11 is 5.68. The van der Waals surface area contributed by atoms with Crippen molar-refractivity contribution in [2.75, 3.05) is 0 Å². The number of carbonyl (C=O) groups excluding carboxylic acids is 1. The minimum absolute atomic E-state index is 0.160. The molecule has 15 heavy (non-hydrogen) atoms. The zero-order valence-electron chi connectivity index (χ0n) is 8.01. The number of pyridine rings is 1. The first-order valence-electron chi connectivity index (χ1n) is 4.31. The molecule has 0 aliphatic rings. The van der Waals surface area contributed by atoms with Gasteiger partial charge in [-0.25, -0.2) is 4.98 Å². The molecule has 2 heterocycles. The Bertz CT molecular complexity index is 490. The highest BCUT2D eigenvalue weighted by atomic mass is 35.5. The lowest BCUT2D eigenvalue weighted by atomic mass is 10.2. The van der Waals surface area contributed by atoms with Crippen molar-refractivity contribution in [3.05, 3.63) is 47.3 Å². The predicted molar refractivity (Wildman–Crippen MR) is 55.9 cm³/mol. The van der Waals surface area contributed by atoms with Crippen molar-refractivity contribution >= 4 is 17.4 Å². The molecule has 76 valence electrons. The van der Waals surface area contributed by atoms with Crippen LogP contribution in [0, 0.1) is 0 Å². The lowest BCUT2D eigenvalue weighted by Crippen LogP contribution is -2.08. The van der Waals surface area contributed by atoms with Crippen LogP contribution in [0.15, 0.2) is 30.9 Å². The monoisotopic (exact) mass is 221 g/mol. The van der Waals surface area contributed by atoms with Crippen LogP contribution in [0.4, 0.5) is 0 Å². The Morgan fingerprint density at radius 2 is 2.20 bits per heavy atom. The third-order valence-electron chi connectivity index (χ3n) is 2.01. The van der Waals surface area contributed by atoms with Crippen LogP contribution in [0.1, 0.15) is 16.2 Å². The number of imidazole rings is 1. The minimum Gasteiger partial charge on any atom is -0.331 e. The number of aryl methyl sites for hydroxylation is 1. The lowest BCUT2D eigenvalue weighted by Gasteiger charge is -2.00. The van der Waals surface area contributed by atoms with Crippen LogP contribution in [0.2, 0.25) is 5.02 Å². The molecule has 2 aromatic heterocycles. The van der Waals surface area contributed by atoms with Gasteiger partial charge >= 0.3 is 0 Å². The average Bonchev–Trinajstić information content (AvgIpc) is 2.65. The minimum atomic E-state index is -0.160. The fourth-order valence-electron chi connectivity index (χ4n) is 1.22. The van der Waals surface area contributed by atoms with Crippen LogP contribution < -0.4 is 0 Å². The van der Waals surface area contributed by atoms with E-state index in [1.165, 1.54) is 12.4 Å². The molecule has 0 saturated carbocycles. The van der Waals surface area contributed by atoms with Crippen LogP contribution in [0.5, 0.6) is 0 Å². The zero-order valence-corrected chi connectivity index (χ0v) is 8.77. The summed E-state index contributed by atoms with van der Waals surface area (Å²) in [6.45, 7) is 0. The molecule has 0 bridgehead atoms. The van der Waals surface area contributed by atoms with E-state index < -0.39 is 0 Å². The summed E-state index contributed by atoms with van der Waals surface area (Å²) in [5, 5.41) is 0.511. The standard InChI is InChI=1S/C10H8ClN3O/c1-14-6-12-5-9(14)10(15)8-3-2-7(11)4-13-8/h2-6H,1H3. The molecular weight excluding hydrogens is 214 g/mol. The third-order valence-corrected chi connectivity index (χ3v) is 2.23. The first kappa shape index (κ1) is 9.86. The highest BCUT2D eigenvalue weighted by molar-refractivity contribution is 6.30. The first-order chi connectivity index (χ1) is 7.18. The van der Waals surface area contributed by atoms with Gasteiger partial charge in [-0.1, -0.05) is 11.6 Å². The van der Waals surface area contributed by atoms with Gasteiger partial charge in [0.1, 0.15) is 11.4 Å². The fraction of sp³-hybridized carbons (Fsp3) is 0.100. The van der Waals surface area contributed by atoms with Gasteiger partial charge in [0.05, 0.1) is 17.5 Å². The number of ketones is 1. The van der Waals surface area contributed by atoms with E-state index in [1.54, 1.807) is 30.1 Å². The highest BCUT2D eigenvalue weighted by Crippen LogP contribution is 2.10. The maximum atomic E-state index is 11.9. The van der Waals surface area contributed by atoms with E-state index >= 15 is 0 Å². The fourth-order valence-corrected chi connectivity index (χ4v) is 1.33. The molecular formula is C10H8ClN3O. The molecule has 0 unspecified atom stereocenters. The molecule has 0 spiro atoms. The largest absolute Gasteiger partial charge is 0.331 e. The van der Waals surface area contributed by atoms with Gasteiger partial charge < -0.3 is 4.57 Å². The maximum Gasteiger partial charge on any atom is 0.229 e. The molecule has 0 aliphatic carbocycles. The molecule has 2 aromatic rings. The summed E-state index contributed by atoms with van der Waals surface area (Å²) in [7, 11) is 1.76. The second-order valence-electron chi connectivity index (χ2n) is 3.08. The number of carbonyl (C=O) groups is 1. The third kappa shape index (κ3) is 1.89. The summed E-state index contributed by atoms with van der Waals surface area (Å²) in [6, 6.07) is 3.23. The van der Waals surface area contributed by atoms with Crippen molar-refractivity contribution in [1.82, 2.24) is 14.5 Å². The number of nitrogens with zero attached hydrogens (tertiary/aromatic N) is 3. The normalized spacial score (nSPS) is 10.3. The van der Waals surface area contributed by atoms with E-state index in [2.05, 4.69) is 9.97 Å². The lowest BCUT2D eigenvalue weighted by molar-refractivity contribution is 0.102. The van der Waals surface area contributed by atoms with Crippen molar-refractivity contribution in [3.8, 4) is 0 Å². The Balaban J connectivity index is 2.37. The van der Waals surface area contributed by atoms with Crippen molar-refractivity contribution in [1.29, 1.82) is 0 Å². The van der Waals surface area contributed by atoms with Gasteiger partial charge in [-0.05, 0) is 12.1 Å². The van der Waals surface area contributed by atoms with Gasteiger partial charge in [-0.15, -0.1) is 0 Å². The smallest absolute Gasteiger partial charge is 0.229 e. The number of hydrogen-bond acceptors (Lipinski definition) is 3. The zero-order chi connectivity index (χ0) is 10.8. The summed E-state index contributed by atoms with van der Waals surface area (Å²) in [5.74, 6) is -0.160. The van der Waals surface area contributed by atoms with Gasteiger partial charge in [0, 0.05) is 13.2 Å². The van der Waals surface area contributed by atoms with Crippen LogP contribution >= 0.6 is 11.6 Å². The van der Waals surface area contributed by atoms with Gasteiger partial charge in [0.25, 0.3) is 0 Å². The molecule has 2 rings (SSSR count). The van der Waals surface area contributed by atoms with Crippen molar-refractivity contribution in [2.24, 2.45) is 7.05 Å². The Kier molecular flexibility index (Phi) is 2.51. The van der Waals surface area contributed by atoms with Crippen molar-refractivity contribution in [2.45, 2.75) is 0 Å². The van der Waals surface area contributed by atoms with E-state index in [4.69, 9.17) is 11.6 Å². The van der Waals surface area contributed by atoms with Gasteiger partial charge in [-0.3, -0.25) is 9.78 Å². The second kappa shape index (κ2) is 3.82. The summed E-state index contributed by atoms with van der Waals surface area (Å²) < 4.78 is 1.65. The number of aromatic nitrogens is 3. The molecule has 5 heteroatoms. The molecule has 0 radical (unpaired) electrons. The van der Waals surface area contributed by atoms with Gasteiger partial charge in [-0.2, -0.15) is 0 Å². The summed E-state index contributed by atoms with van der Waals surface area (Å²) in [4.78, 5) is 19.7. The molecule has 0 aliphatic heterocycles. The van der Waals surface area contributed by atoms with E-state index in [0.29, 0.717) is 16.4 Å². The molecule has 0 saturated heterocycles. The Morgan fingerprint density at radius 1 is 1.40 bits per heavy atom. The Hall–Kier alpha value is -1.68. The number of halogens is 1. The molecule has 0 atom stereocenters. The highest BCUT2D eigenvalue weighted by Gasteiger charge is 2.13. The maximum absolute atomic E-state index is 11.9. The molecule has 4 nitrogen and oxygen atoms in total. The predicted octanol–water partition coefficient (Wildman–Crippen LogP) is 1.70. The molecule has 0 fully saturated rings. The Labute approximate surface area is 91.5 Å². The summed E-state index contributed by atoms with van der Waals surface area (Å²) in [5.41, 5.74) is 0.868. The van der Waals surface area contributed by atoms with Crippen LogP contribution in [0.25, 0.3) is 0 Å². The Morgan fingerprint density at radius 3 is 2.73 bits per heavy atom. The van der Waals surface area contributed by atoms with Crippen LogP contribution in [-0.4, -0.2) is 20.3 Å². The first-order valence-corrected chi connectivity index (χ1v) is 4.69. The topological polar surface area (TPSA) is 47.8 Å². The van der Waals surface area contributed by atoms with E-state index in [9.17, 15) is 4.79 Å². The van der Waals surface area contributed by atoms with Crippen LogP contribution in [-0.2, 0) is 7.05 Å². The second-order valence-corrected chi connectivity index (χ2v) is 3.52. The van der Waals surface area contributed by atoms with Crippen molar-refractivity contribution in [3.63, 3.8) is 0 Å². The molecule has 0 amide bonds. The van der Waals surface area contributed by atoms with E-state index in [0.717, 1.165) is 0 Å². The molecule has 0 N–H and O–H groups in total. The molecule has 0 aromatic carbocycles. The SMILES string of the molecule is Cn1cncc1C(=O)c1ccc(Cl)cn1. The van der Waals surface area contributed by atoms with Crippen molar-refractivity contribution < 1.29 is 4.79 Å². The van der Waals surface area contributed by atoms with Crippen LogP contribution in [0.3, 0.4) is 0 Å². The van der Waals surface area contributed by atoms with Gasteiger partial charge in [0.2, 0.25) is 5.78 Å².